The van der Waals surface area contributed by atoms with E-state index < -0.39 is 0 Å². The minimum atomic E-state index is 0.0842. The summed E-state index contributed by atoms with van der Waals surface area (Å²) in [5.74, 6) is 3.80. The molecule has 0 saturated carbocycles. The van der Waals surface area contributed by atoms with Crippen LogP contribution in [0.4, 0.5) is 0 Å². The Bertz CT molecular complexity index is 824. The fraction of sp³-hybridized carbons (Fsp3) is 0.571. The molecular formula is C21H29N5O2. The molecule has 1 aromatic heterocycles. The number of amides is 1. The van der Waals surface area contributed by atoms with Gasteiger partial charge in [0.25, 0.3) is 5.91 Å². The fourth-order valence-corrected chi connectivity index (χ4v) is 3.92. The van der Waals surface area contributed by atoms with E-state index in [1.165, 1.54) is 0 Å². The number of fused-ring (bicyclic) bond motifs is 1. The molecule has 1 amide bonds. The molecule has 1 saturated heterocycles. The number of carbonyl (C=O) groups is 1. The van der Waals surface area contributed by atoms with Crippen molar-refractivity contribution < 1.29 is 9.53 Å². The summed E-state index contributed by atoms with van der Waals surface area (Å²) in [6, 6.07) is 7.54. The van der Waals surface area contributed by atoms with Gasteiger partial charge in [-0.25, -0.2) is 0 Å². The van der Waals surface area contributed by atoms with Gasteiger partial charge in [-0.05, 0) is 37.0 Å². The molecule has 0 aliphatic carbocycles. The lowest BCUT2D eigenvalue weighted by Crippen LogP contribution is -2.39. The van der Waals surface area contributed by atoms with E-state index >= 15 is 0 Å². The first-order valence-electron chi connectivity index (χ1n) is 10.3. The maximum absolute atomic E-state index is 12.9. The van der Waals surface area contributed by atoms with Crippen LogP contribution in [0.2, 0.25) is 0 Å². The zero-order valence-electron chi connectivity index (χ0n) is 16.7. The zero-order valence-corrected chi connectivity index (χ0v) is 16.7. The Labute approximate surface area is 166 Å². The topological polar surface area (TPSA) is 72.3 Å². The van der Waals surface area contributed by atoms with Crippen LogP contribution in [-0.4, -0.2) is 51.8 Å². The Hall–Kier alpha value is -2.41. The molecule has 0 spiro atoms. The molecule has 7 heteroatoms. The summed E-state index contributed by atoms with van der Waals surface area (Å²) in [6.07, 6.45) is 1.86. The van der Waals surface area contributed by atoms with E-state index in [9.17, 15) is 4.79 Å². The van der Waals surface area contributed by atoms with Gasteiger partial charge in [-0.2, -0.15) is 0 Å². The average molecular weight is 383 g/mol. The average Bonchev–Trinajstić information content (AvgIpc) is 3.16. The Kier molecular flexibility index (Phi) is 5.62. The van der Waals surface area contributed by atoms with E-state index in [0.717, 1.165) is 63.0 Å². The van der Waals surface area contributed by atoms with Gasteiger partial charge >= 0.3 is 0 Å². The van der Waals surface area contributed by atoms with Gasteiger partial charge in [0.2, 0.25) is 0 Å². The molecule has 28 heavy (non-hydrogen) atoms. The van der Waals surface area contributed by atoms with Crippen molar-refractivity contribution in [2.75, 3.05) is 26.2 Å². The highest BCUT2D eigenvalue weighted by molar-refractivity contribution is 5.94. The minimum absolute atomic E-state index is 0.0842. The van der Waals surface area contributed by atoms with E-state index in [1.807, 2.05) is 29.2 Å². The van der Waals surface area contributed by atoms with Crippen LogP contribution in [-0.2, 0) is 13.1 Å². The predicted octanol–water partition coefficient (Wildman–Crippen LogP) is 2.44. The highest BCUT2D eigenvalue weighted by atomic mass is 16.5. The van der Waals surface area contributed by atoms with Gasteiger partial charge in [0.05, 0.1) is 13.2 Å². The number of carbonyl (C=O) groups excluding carboxylic acids is 1. The molecule has 1 fully saturated rings. The lowest BCUT2D eigenvalue weighted by Gasteiger charge is -2.32. The van der Waals surface area contributed by atoms with Crippen molar-refractivity contribution in [1.82, 2.24) is 25.0 Å². The smallest absolute Gasteiger partial charge is 0.253 e. The molecule has 0 unspecified atom stereocenters. The van der Waals surface area contributed by atoms with Crippen LogP contribution in [0.15, 0.2) is 24.3 Å². The van der Waals surface area contributed by atoms with E-state index in [2.05, 4.69) is 33.9 Å². The summed E-state index contributed by atoms with van der Waals surface area (Å²) in [5.41, 5.74) is 0.700. The molecular weight excluding hydrogens is 354 g/mol. The Morgan fingerprint density at radius 2 is 2.07 bits per heavy atom. The Balaban J connectivity index is 1.38. The summed E-state index contributed by atoms with van der Waals surface area (Å²) in [4.78, 5) is 14.9. The van der Waals surface area contributed by atoms with Gasteiger partial charge in [-0.15, -0.1) is 10.2 Å². The molecule has 2 aromatic rings. The number of nitrogens with one attached hydrogen (secondary N) is 1. The molecule has 0 atom stereocenters. The Morgan fingerprint density at radius 3 is 2.86 bits per heavy atom. The normalized spacial score (nSPS) is 17.6. The first-order valence-corrected chi connectivity index (χ1v) is 10.3. The van der Waals surface area contributed by atoms with Crippen molar-refractivity contribution in [1.29, 1.82) is 0 Å². The summed E-state index contributed by atoms with van der Waals surface area (Å²) in [5, 5.41) is 12.1. The van der Waals surface area contributed by atoms with Crippen molar-refractivity contribution in [2.24, 2.45) is 5.92 Å². The van der Waals surface area contributed by atoms with Gasteiger partial charge in [0, 0.05) is 37.7 Å². The molecule has 0 radical (unpaired) electrons. The SMILES string of the molecule is CC(C)COc1cccc(C(=O)N2CCC(c3nnc4n3CCNC4)CC2)c1. The quantitative estimate of drug-likeness (QED) is 0.859. The monoisotopic (exact) mass is 383 g/mol. The van der Waals surface area contributed by atoms with Crippen LogP contribution in [0.1, 0.15) is 54.6 Å². The molecule has 2 aliphatic heterocycles. The summed E-state index contributed by atoms with van der Waals surface area (Å²) >= 11 is 0. The van der Waals surface area contributed by atoms with Gasteiger partial charge < -0.3 is 19.5 Å². The molecule has 1 N–H and O–H groups in total. The third-order valence-electron chi connectivity index (χ3n) is 5.46. The van der Waals surface area contributed by atoms with Crippen LogP contribution in [0, 0.1) is 5.92 Å². The largest absolute Gasteiger partial charge is 0.493 e. The predicted molar refractivity (Wildman–Crippen MR) is 106 cm³/mol. The number of rotatable bonds is 5. The second-order valence-corrected chi connectivity index (χ2v) is 8.10. The van der Waals surface area contributed by atoms with Crippen molar-refractivity contribution in [2.45, 2.75) is 45.7 Å². The minimum Gasteiger partial charge on any atom is -0.493 e. The first kappa shape index (κ1) is 18.9. The molecule has 3 heterocycles. The van der Waals surface area contributed by atoms with Crippen LogP contribution in [0.25, 0.3) is 0 Å². The standard InChI is InChI=1S/C21H29N5O2/c1-15(2)14-28-18-5-3-4-17(12-18)21(27)25-9-6-16(7-10-25)20-24-23-19-13-22-8-11-26(19)20/h3-5,12,15-16,22H,6-11,13-14H2,1-2H3. The number of hydrogen-bond donors (Lipinski definition) is 1. The van der Waals surface area contributed by atoms with Crippen LogP contribution >= 0.6 is 0 Å². The van der Waals surface area contributed by atoms with Crippen LogP contribution in [0.3, 0.4) is 0 Å². The maximum Gasteiger partial charge on any atom is 0.253 e. The van der Waals surface area contributed by atoms with Crippen molar-refractivity contribution in [3.8, 4) is 5.75 Å². The van der Waals surface area contributed by atoms with E-state index in [-0.39, 0.29) is 5.91 Å². The van der Waals surface area contributed by atoms with Crippen LogP contribution in [0.5, 0.6) is 5.75 Å². The highest BCUT2D eigenvalue weighted by Crippen LogP contribution is 2.29. The molecule has 1 aromatic carbocycles. The number of hydrogen-bond acceptors (Lipinski definition) is 5. The molecule has 7 nitrogen and oxygen atoms in total. The number of aromatic nitrogens is 3. The van der Waals surface area contributed by atoms with Crippen LogP contribution < -0.4 is 10.1 Å². The highest BCUT2D eigenvalue weighted by Gasteiger charge is 2.29. The Morgan fingerprint density at radius 1 is 1.25 bits per heavy atom. The van der Waals surface area contributed by atoms with E-state index in [1.54, 1.807) is 0 Å². The molecule has 150 valence electrons. The molecule has 2 aliphatic rings. The summed E-state index contributed by atoms with van der Waals surface area (Å²) in [6.45, 7) is 9.07. The number of benzene rings is 1. The third-order valence-corrected chi connectivity index (χ3v) is 5.46. The van der Waals surface area contributed by atoms with Gasteiger partial charge in [0.1, 0.15) is 17.4 Å². The number of likely N-dealkylation sites (tertiary alicyclic amines) is 1. The lowest BCUT2D eigenvalue weighted by molar-refractivity contribution is 0.0709. The van der Waals surface area contributed by atoms with Crippen molar-refractivity contribution in [3.05, 3.63) is 41.5 Å². The zero-order chi connectivity index (χ0) is 19.5. The maximum atomic E-state index is 12.9. The van der Waals surface area contributed by atoms with E-state index in [4.69, 9.17) is 4.74 Å². The molecule has 4 rings (SSSR count). The van der Waals surface area contributed by atoms with Gasteiger partial charge in [-0.1, -0.05) is 19.9 Å². The first-order chi connectivity index (χ1) is 13.6. The summed E-state index contributed by atoms with van der Waals surface area (Å²) < 4.78 is 8.03. The van der Waals surface area contributed by atoms with Crippen molar-refractivity contribution in [3.63, 3.8) is 0 Å². The number of nitrogens with zero attached hydrogens (tertiary/aromatic N) is 4. The fourth-order valence-electron chi connectivity index (χ4n) is 3.92. The second-order valence-electron chi connectivity index (χ2n) is 8.10. The number of piperidine rings is 1. The lowest BCUT2D eigenvalue weighted by atomic mass is 9.95. The van der Waals surface area contributed by atoms with Gasteiger partial charge in [-0.3, -0.25) is 4.79 Å². The van der Waals surface area contributed by atoms with Gasteiger partial charge in [0.15, 0.2) is 0 Å². The van der Waals surface area contributed by atoms with E-state index in [0.29, 0.717) is 24.0 Å². The molecule has 0 bridgehead atoms. The van der Waals surface area contributed by atoms with Crippen molar-refractivity contribution >= 4 is 5.91 Å². The third kappa shape index (κ3) is 4.04. The number of ether oxygens (including phenoxy) is 1. The summed E-state index contributed by atoms with van der Waals surface area (Å²) in [7, 11) is 0. The second kappa shape index (κ2) is 8.31.